The number of hydrogen-bond acceptors (Lipinski definition) is 4. The monoisotopic (exact) mass is 193 g/mol. The number of hydrogen-bond donors (Lipinski definition) is 0. The van der Waals surface area contributed by atoms with Crippen molar-refractivity contribution in [3.8, 4) is 0 Å². The van der Waals surface area contributed by atoms with E-state index in [0.717, 1.165) is 17.8 Å². The van der Waals surface area contributed by atoms with Crippen LogP contribution in [0.25, 0.3) is 0 Å². The van der Waals surface area contributed by atoms with Crippen LogP contribution >= 0.6 is 12.2 Å². The molecule has 4 heteroatoms. The second-order valence-electron chi connectivity index (χ2n) is 2.73. The minimum atomic E-state index is 0.405. The quantitative estimate of drug-likeness (QED) is 0.534. The molecule has 0 fully saturated rings. The second kappa shape index (κ2) is 4.21. The third kappa shape index (κ3) is 2.17. The van der Waals surface area contributed by atoms with Crippen LogP contribution in [0.5, 0.6) is 0 Å². The van der Waals surface area contributed by atoms with Gasteiger partial charge in [0.2, 0.25) is 0 Å². The van der Waals surface area contributed by atoms with Crippen LogP contribution in [0.2, 0.25) is 0 Å². The number of nitrogens with zero attached hydrogens (tertiary/aromatic N) is 3. The van der Waals surface area contributed by atoms with E-state index < -0.39 is 0 Å². The summed E-state index contributed by atoms with van der Waals surface area (Å²) in [5.41, 5.74) is 3.13. The fourth-order valence-corrected chi connectivity index (χ4v) is 1.41. The van der Waals surface area contributed by atoms with Gasteiger partial charge in [0, 0.05) is 11.4 Å². The minimum Gasteiger partial charge on any atom is -0.216 e. The summed E-state index contributed by atoms with van der Waals surface area (Å²) in [4.78, 5) is 12.1. The average Bonchev–Trinajstić information content (AvgIpc) is 2.04. The van der Waals surface area contributed by atoms with Gasteiger partial charge in [-0.25, -0.2) is 9.97 Å². The van der Waals surface area contributed by atoms with Gasteiger partial charge in [0.15, 0.2) is 0 Å². The van der Waals surface area contributed by atoms with Crippen molar-refractivity contribution < 1.29 is 0 Å². The summed E-state index contributed by atoms with van der Waals surface area (Å²) in [6.07, 6.45) is 0.944. The van der Waals surface area contributed by atoms with Gasteiger partial charge < -0.3 is 0 Å². The predicted octanol–water partition coefficient (Wildman–Crippen LogP) is 2.39. The third-order valence-electron chi connectivity index (χ3n) is 1.91. The van der Waals surface area contributed by atoms with E-state index in [1.165, 1.54) is 5.56 Å². The first-order valence-corrected chi connectivity index (χ1v) is 4.51. The van der Waals surface area contributed by atoms with Gasteiger partial charge in [-0.05, 0) is 38.0 Å². The van der Waals surface area contributed by atoms with Gasteiger partial charge in [0.05, 0.1) is 5.16 Å². The van der Waals surface area contributed by atoms with Crippen LogP contribution in [0.1, 0.15) is 23.9 Å². The molecule has 0 bridgehead atoms. The molecule has 3 nitrogen and oxygen atoms in total. The van der Waals surface area contributed by atoms with Crippen molar-refractivity contribution in [2.45, 2.75) is 27.2 Å². The van der Waals surface area contributed by atoms with Crippen LogP contribution in [0.15, 0.2) is 4.99 Å². The molecule has 1 heterocycles. The Kier molecular flexibility index (Phi) is 3.23. The van der Waals surface area contributed by atoms with E-state index in [1.54, 1.807) is 0 Å². The molecule has 0 saturated carbocycles. The maximum absolute atomic E-state index is 4.49. The van der Waals surface area contributed by atoms with Crippen molar-refractivity contribution >= 4 is 23.3 Å². The first-order valence-electron chi connectivity index (χ1n) is 4.11. The summed E-state index contributed by atoms with van der Waals surface area (Å²) in [5.74, 6) is 0.405. The van der Waals surface area contributed by atoms with Crippen LogP contribution in [0.4, 0.5) is 5.95 Å². The van der Waals surface area contributed by atoms with Gasteiger partial charge >= 0.3 is 0 Å². The van der Waals surface area contributed by atoms with Gasteiger partial charge in [0.1, 0.15) is 0 Å². The molecule has 1 aromatic heterocycles. The highest BCUT2D eigenvalue weighted by Crippen LogP contribution is 2.14. The lowest BCUT2D eigenvalue weighted by molar-refractivity contribution is 0.953. The molecule has 0 atom stereocenters. The summed E-state index contributed by atoms with van der Waals surface area (Å²) < 4.78 is 0. The number of aromatic nitrogens is 2. The third-order valence-corrected chi connectivity index (χ3v) is 2.00. The molecule has 13 heavy (non-hydrogen) atoms. The summed E-state index contributed by atoms with van der Waals surface area (Å²) in [7, 11) is 0. The Morgan fingerprint density at radius 3 is 2.23 bits per heavy atom. The Balaban J connectivity index is 3.27. The van der Waals surface area contributed by atoms with Crippen molar-refractivity contribution in [2.24, 2.45) is 4.99 Å². The molecule has 68 valence electrons. The Labute approximate surface area is 82.9 Å². The molecule has 0 aromatic carbocycles. The van der Waals surface area contributed by atoms with Gasteiger partial charge in [-0.15, -0.1) is 0 Å². The zero-order chi connectivity index (χ0) is 9.84. The first kappa shape index (κ1) is 9.96. The van der Waals surface area contributed by atoms with E-state index in [4.69, 9.17) is 0 Å². The minimum absolute atomic E-state index is 0.405. The van der Waals surface area contributed by atoms with Crippen molar-refractivity contribution in [1.82, 2.24) is 9.97 Å². The molecule has 0 saturated heterocycles. The fourth-order valence-electron chi connectivity index (χ4n) is 1.32. The number of aliphatic imine (C=N–C) groups is 1. The highest BCUT2D eigenvalue weighted by Gasteiger charge is 2.04. The molecule has 1 rings (SSSR count). The standard InChI is InChI=1S/C9H11N3S/c1-4-8-6(2)11-9(10-5-13)12-7(8)3/h4H2,1-3H3. The van der Waals surface area contributed by atoms with Crippen LogP contribution in [-0.4, -0.2) is 15.1 Å². The Hall–Kier alpha value is -1.12. The van der Waals surface area contributed by atoms with E-state index in [-0.39, 0.29) is 0 Å². The Bertz CT molecular complexity index is 344. The zero-order valence-electron chi connectivity index (χ0n) is 7.96. The maximum atomic E-state index is 4.49. The normalized spacial score (nSPS) is 9.46. The molecular weight excluding hydrogens is 182 g/mol. The first-order chi connectivity index (χ1) is 6.19. The SMILES string of the molecule is CCc1c(C)nc(N=C=S)nc1C. The average molecular weight is 193 g/mol. The molecule has 0 aliphatic carbocycles. The molecule has 0 amide bonds. The summed E-state index contributed by atoms with van der Waals surface area (Å²) >= 11 is 4.49. The largest absolute Gasteiger partial charge is 0.258 e. The van der Waals surface area contributed by atoms with E-state index in [2.05, 4.69) is 39.3 Å². The van der Waals surface area contributed by atoms with Gasteiger partial charge in [-0.1, -0.05) is 6.92 Å². The smallest absolute Gasteiger partial charge is 0.216 e. The summed E-state index contributed by atoms with van der Waals surface area (Å²) in [6.45, 7) is 5.99. The molecule has 0 aliphatic rings. The van der Waals surface area contributed by atoms with Crippen LogP contribution in [0, 0.1) is 13.8 Å². The molecule has 0 aliphatic heterocycles. The molecule has 1 aromatic rings. The zero-order valence-corrected chi connectivity index (χ0v) is 8.77. The predicted molar refractivity (Wildman–Crippen MR) is 55.6 cm³/mol. The molecular formula is C9H11N3S. The Morgan fingerprint density at radius 2 is 1.85 bits per heavy atom. The van der Waals surface area contributed by atoms with E-state index in [9.17, 15) is 0 Å². The number of rotatable bonds is 2. The molecule has 0 N–H and O–H groups in total. The van der Waals surface area contributed by atoms with Crippen LogP contribution in [-0.2, 0) is 6.42 Å². The lowest BCUT2D eigenvalue weighted by Crippen LogP contribution is -1.98. The van der Waals surface area contributed by atoms with Crippen molar-refractivity contribution in [1.29, 1.82) is 0 Å². The number of isothiocyanates is 1. The fraction of sp³-hybridized carbons (Fsp3) is 0.444. The lowest BCUT2D eigenvalue weighted by Gasteiger charge is -2.05. The van der Waals surface area contributed by atoms with E-state index in [0.29, 0.717) is 5.95 Å². The van der Waals surface area contributed by atoms with Gasteiger partial charge in [-0.3, -0.25) is 0 Å². The molecule has 0 radical (unpaired) electrons. The molecule has 0 spiro atoms. The second-order valence-corrected chi connectivity index (χ2v) is 2.91. The van der Waals surface area contributed by atoms with Gasteiger partial charge in [0.25, 0.3) is 5.95 Å². The van der Waals surface area contributed by atoms with Crippen molar-refractivity contribution in [2.75, 3.05) is 0 Å². The van der Waals surface area contributed by atoms with E-state index >= 15 is 0 Å². The van der Waals surface area contributed by atoms with Crippen molar-refractivity contribution in [3.63, 3.8) is 0 Å². The van der Waals surface area contributed by atoms with Gasteiger partial charge in [-0.2, -0.15) is 4.99 Å². The Morgan fingerprint density at radius 1 is 1.31 bits per heavy atom. The summed E-state index contributed by atoms with van der Waals surface area (Å²) in [6, 6.07) is 0. The highest BCUT2D eigenvalue weighted by molar-refractivity contribution is 7.78. The maximum Gasteiger partial charge on any atom is 0.258 e. The lowest BCUT2D eigenvalue weighted by atomic mass is 10.1. The van der Waals surface area contributed by atoms with Crippen LogP contribution in [0.3, 0.4) is 0 Å². The molecule has 0 unspecified atom stereocenters. The number of thiocarbonyl (C=S) groups is 1. The van der Waals surface area contributed by atoms with Crippen LogP contribution < -0.4 is 0 Å². The van der Waals surface area contributed by atoms with Crippen molar-refractivity contribution in [3.05, 3.63) is 17.0 Å². The highest BCUT2D eigenvalue weighted by atomic mass is 32.1. The summed E-state index contributed by atoms with van der Waals surface area (Å²) in [5, 5.41) is 2.26. The van der Waals surface area contributed by atoms with E-state index in [1.807, 2.05) is 13.8 Å². The topological polar surface area (TPSA) is 38.1 Å². The number of aryl methyl sites for hydroxylation is 2.